The molecule has 1 rings (SSSR count). The summed E-state index contributed by atoms with van der Waals surface area (Å²) in [5.74, 6) is 0. The summed E-state index contributed by atoms with van der Waals surface area (Å²) >= 11 is 0. The van der Waals surface area contributed by atoms with Gasteiger partial charge >= 0.3 is 6.30 Å². The smallest absolute Gasteiger partial charge is 0.399 e. The standard InChI is InChI=1S/C6H5F3N2O/c7-6(8,9)11-2-1-4(10)3-5(11)12/h1-3H,10H2. The van der Waals surface area contributed by atoms with Gasteiger partial charge in [0.2, 0.25) is 0 Å². The van der Waals surface area contributed by atoms with E-state index < -0.39 is 11.9 Å². The highest BCUT2D eigenvalue weighted by Crippen LogP contribution is 2.19. The van der Waals surface area contributed by atoms with Crippen molar-refractivity contribution < 1.29 is 13.2 Å². The Balaban J connectivity index is 3.29. The molecule has 0 aliphatic carbocycles. The highest BCUT2D eigenvalue weighted by Gasteiger charge is 2.31. The Morgan fingerprint density at radius 2 is 2.00 bits per heavy atom. The van der Waals surface area contributed by atoms with E-state index >= 15 is 0 Å². The number of hydrogen-bond donors (Lipinski definition) is 1. The first-order chi connectivity index (χ1) is 5.41. The van der Waals surface area contributed by atoms with Crippen molar-refractivity contribution in [3.63, 3.8) is 0 Å². The minimum Gasteiger partial charge on any atom is -0.399 e. The molecule has 0 saturated heterocycles. The van der Waals surface area contributed by atoms with E-state index in [1.54, 1.807) is 0 Å². The van der Waals surface area contributed by atoms with Gasteiger partial charge in [-0.1, -0.05) is 0 Å². The molecule has 0 spiro atoms. The summed E-state index contributed by atoms with van der Waals surface area (Å²) in [6.45, 7) is 0. The molecule has 1 aromatic rings. The summed E-state index contributed by atoms with van der Waals surface area (Å²) in [6, 6.07) is 1.72. The second-order valence-electron chi connectivity index (χ2n) is 2.14. The van der Waals surface area contributed by atoms with Crippen molar-refractivity contribution in [2.24, 2.45) is 0 Å². The average molecular weight is 178 g/mol. The molecule has 1 heterocycles. The third-order valence-electron chi connectivity index (χ3n) is 1.22. The Hall–Kier alpha value is -1.46. The fourth-order valence-corrected chi connectivity index (χ4v) is 0.704. The second kappa shape index (κ2) is 2.54. The molecule has 12 heavy (non-hydrogen) atoms. The zero-order valence-electron chi connectivity index (χ0n) is 5.80. The maximum Gasteiger partial charge on any atom is 0.491 e. The molecule has 66 valence electrons. The maximum absolute atomic E-state index is 11.9. The highest BCUT2D eigenvalue weighted by atomic mass is 19.4. The minimum atomic E-state index is -4.68. The number of halogens is 3. The van der Waals surface area contributed by atoms with Gasteiger partial charge in [-0.3, -0.25) is 4.79 Å². The lowest BCUT2D eigenvalue weighted by Crippen LogP contribution is -2.29. The molecule has 0 unspecified atom stereocenters. The fourth-order valence-electron chi connectivity index (χ4n) is 0.704. The van der Waals surface area contributed by atoms with Gasteiger partial charge in [-0.25, -0.2) is 4.57 Å². The van der Waals surface area contributed by atoms with Crippen LogP contribution >= 0.6 is 0 Å². The van der Waals surface area contributed by atoms with E-state index in [1.807, 2.05) is 0 Å². The molecule has 2 N–H and O–H groups in total. The van der Waals surface area contributed by atoms with Crippen molar-refractivity contribution in [2.45, 2.75) is 6.30 Å². The Labute approximate surface area is 65.2 Å². The highest BCUT2D eigenvalue weighted by molar-refractivity contribution is 5.34. The number of aromatic nitrogens is 1. The number of alkyl halides is 3. The number of nitrogens with zero attached hydrogens (tertiary/aromatic N) is 1. The van der Waals surface area contributed by atoms with E-state index in [0.29, 0.717) is 12.3 Å². The Bertz CT molecular complexity index is 341. The third-order valence-corrected chi connectivity index (χ3v) is 1.22. The van der Waals surface area contributed by atoms with Crippen molar-refractivity contribution in [1.82, 2.24) is 4.57 Å². The van der Waals surface area contributed by atoms with E-state index in [4.69, 9.17) is 5.73 Å². The quantitative estimate of drug-likeness (QED) is 0.641. The third kappa shape index (κ3) is 1.58. The molecule has 3 nitrogen and oxygen atoms in total. The van der Waals surface area contributed by atoms with Crippen LogP contribution in [0, 0.1) is 0 Å². The molecule has 0 amide bonds. The van der Waals surface area contributed by atoms with E-state index in [0.717, 1.165) is 6.07 Å². The van der Waals surface area contributed by atoms with E-state index in [2.05, 4.69) is 0 Å². The summed E-state index contributed by atoms with van der Waals surface area (Å²) in [5.41, 5.74) is 3.93. The van der Waals surface area contributed by atoms with Gasteiger partial charge in [0.05, 0.1) is 0 Å². The van der Waals surface area contributed by atoms with Crippen molar-refractivity contribution in [3.8, 4) is 0 Å². The number of nitrogens with two attached hydrogens (primary N) is 1. The van der Waals surface area contributed by atoms with Crippen LogP contribution in [-0.4, -0.2) is 4.57 Å². The summed E-state index contributed by atoms with van der Waals surface area (Å²) in [7, 11) is 0. The molecule has 0 saturated carbocycles. The van der Waals surface area contributed by atoms with Crippen LogP contribution in [0.4, 0.5) is 18.9 Å². The van der Waals surface area contributed by atoms with Crippen LogP contribution in [0.3, 0.4) is 0 Å². The van der Waals surface area contributed by atoms with Crippen molar-refractivity contribution in [2.75, 3.05) is 5.73 Å². The topological polar surface area (TPSA) is 48.0 Å². The summed E-state index contributed by atoms with van der Waals surface area (Å²) in [6.07, 6.45) is -4.08. The zero-order valence-corrected chi connectivity index (χ0v) is 5.80. The number of anilines is 1. The SMILES string of the molecule is Nc1ccn(C(F)(F)F)c(=O)c1. The Kier molecular flexibility index (Phi) is 1.83. The van der Waals surface area contributed by atoms with E-state index in [9.17, 15) is 18.0 Å². The first kappa shape index (κ1) is 8.63. The van der Waals surface area contributed by atoms with Gasteiger partial charge in [0.25, 0.3) is 5.56 Å². The van der Waals surface area contributed by atoms with Crippen LogP contribution in [0.1, 0.15) is 0 Å². The molecule has 0 aliphatic heterocycles. The molecule has 0 bridgehead atoms. The van der Waals surface area contributed by atoms with Crippen LogP contribution in [0.25, 0.3) is 0 Å². The van der Waals surface area contributed by atoms with Crippen LogP contribution in [0.15, 0.2) is 23.1 Å². The van der Waals surface area contributed by atoms with E-state index in [1.165, 1.54) is 0 Å². The first-order valence-corrected chi connectivity index (χ1v) is 2.96. The first-order valence-electron chi connectivity index (χ1n) is 2.96. The molecular formula is C6H5F3N2O. The second-order valence-corrected chi connectivity index (χ2v) is 2.14. The molecule has 0 radical (unpaired) electrons. The molecule has 6 heteroatoms. The van der Waals surface area contributed by atoms with Gasteiger partial charge in [-0.05, 0) is 6.07 Å². The number of pyridine rings is 1. The van der Waals surface area contributed by atoms with Crippen LogP contribution in [0.5, 0.6) is 0 Å². The van der Waals surface area contributed by atoms with Crippen LogP contribution in [0.2, 0.25) is 0 Å². The lowest BCUT2D eigenvalue weighted by molar-refractivity contribution is -0.206. The van der Waals surface area contributed by atoms with Crippen LogP contribution < -0.4 is 11.3 Å². The molecule has 0 atom stereocenters. The lowest BCUT2D eigenvalue weighted by Gasteiger charge is -2.08. The van der Waals surface area contributed by atoms with Crippen LogP contribution in [-0.2, 0) is 6.30 Å². The van der Waals surface area contributed by atoms with Gasteiger partial charge in [-0.2, -0.15) is 0 Å². The van der Waals surface area contributed by atoms with Crippen molar-refractivity contribution >= 4 is 5.69 Å². The predicted octanol–water partition coefficient (Wildman–Crippen LogP) is 0.907. The lowest BCUT2D eigenvalue weighted by atomic mass is 10.4. The fraction of sp³-hybridized carbons (Fsp3) is 0.167. The maximum atomic E-state index is 11.9. The minimum absolute atomic E-state index is 0.0144. The molecular weight excluding hydrogens is 173 g/mol. The summed E-state index contributed by atoms with van der Waals surface area (Å²) in [4.78, 5) is 10.6. The number of hydrogen-bond acceptors (Lipinski definition) is 2. The molecule has 0 aliphatic rings. The Morgan fingerprint density at radius 3 is 2.42 bits per heavy atom. The zero-order chi connectivity index (χ0) is 9.35. The number of rotatable bonds is 0. The predicted molar refractivity (Wildman–Crippen MR) is 36.4 cm³/mol. The van der Waals surface area contributed by atoms with Gasteiger partial charge in [-0.15, -0.1) is 13.2 Å². The van der Waals surface area contributed by atoms with Crippen molar-refractivity contribution in [1.29, 1.82) is 0 Å². The van der Waals surface area contributed by atoms with Gasteiger partial charge < -0.3 is 5.73 Å². The molecule has 0 fully saturated rings. The van der Waals surface area contributed by atoms with Crippen molar-refractivity contribution in [3.05, 3.63) is 28.7 Å². The number of nitrogen functional groups attached to an aromatic ring is 1. The normalized spacial score (nSPS) is 11.6. The molecule has 1 aromatic heterocycles. The monoisotopic (exact) mass is 178 g/mol. The molecule has 0 aromatic carbocycles. The average Bonchev–Trinajstić information content (AvgIpc) is 1.83. The van der Waals surface area contributed by atoms with Gasteiger partial charge in [0, 0.05) is 18.0 Å². The summed E-state index contributed by atoms with van der Waals surface area (Å²) < 4.78 is 35.4. The van der Waals surface area contributed by atoms with E-state index in [-0.39, 0.29) is 10.3 Å². The largest absolute Gasteiger partial charge is 0.491 e. The Morgan fingerprint density at radius 1 is 1.42 bits per heavy atom. The summed E-state index contributed by atoms with van der Waals surface area (Å²) in [5, 5.41) is 0. The van der Waals surface area contributed by atoms with Gasteiger partial charge in [0.1, 0.15) is 0 Å². The van der Waals surface area contributed by atoms with Gasteiger partial charge in [0.15, 0.2) is 0 Å².